The number of halogens is 4. The van der Waals surface area contributed by atoms with E-state index in [1.54, 1.807) is 43.3 Å². The summed E-state index contributed by atoms with van der Waals surface area (Å²) in [6, 6.07) is 12.3. The molecular weight excluding hydrogens is 416 g/mol. The SMILES string of the molecule is CCOc1ccc(-c2ccc(-c3ccc(C4=CCC(C)CC4)c(F)c3F)cc2)c(F)c1F. The van der Waals surface area contributed by atoms with Crippen molar-refractivity contribution in [2.75, 3.05) is 6.61 Å². The monoisotopic (exact) mass is 440 g/mol. The minimum absolute atomic E-state index is 0.0676. The van der Waals surface area contributed by atoms with Gasteiger partial charge in [-0.1, -0.05) is 49.4 Å². The summed E-state index contributed by atoms with van der Waals surface area (Å²) in [6.45, 7) is 4.05. The first-order chi connectivity index (χ1) is 15.4. The third-order valence-corrected chi connectivity index (χ3v) is 5.95. The fraction of sp³-hybridized carbons (Fsp3) is 0.259. The molecule has 0 saturated carbocycles. The van der Waals surface area contributed by atoms with E-state index in [1.165, 1.54) is 12.1 Å². The Balaban J connectivity index is 1.64. The molecule has 3 aromatic rings. The Bertz CT molecular complexity index is 1170. The van der Waals surface area contributed by atoms with E-state index in [2.05, 4.69) is 6.92 Å². The molecule has 3 aromatic carbocycles. The summed E-state index contributed by atoms with van der Waals surface area (Å²) in [6.07, 6.45) is 4.54. The number of rotatable bonds is 5. The largest absolute Gasteiger partial charge is 0.491 e. The van der Waals surface area contributed by atoms with Gasteiger partial charge in [-0.05, 0) is 60.9 Å². The molecule has 1 aliphatic rings. The molecule has 0 heterocycles. The van der Waals surface area contributed by atoms with Crippen LogP contribution in [0.15, 0.2) is 54.6 Å². The van der Waals surface area contributed by atoms with Gasteiger partial charge in [0.1, 0.15) is 0 Å². The second-order valence-electron chi connectivity index (χ2n) is 8.15. The van der Waals surface area contributed by atoms with Gasteiger partial charge >= 0.3 is 0 Å². The topological polar surface area (TPSA) is 9.23 Å². The molecule has 0 amide bonds. The zero-order chi connectivity index (χ0) is 22.8. The molecule has 4 rings (SSSR count). The van der Waals surface area contributed by atoms with Crippen LogP contribution in [-0.4, -0.2) is 6.61 Å². The summed E-state index contributed by atoms with van der Waals surface area (Å²) >= 11 is 0. The highest BCUT2D eigenvalue weighted by Gasteiger charge is 2.20. The molecule has 1 unspecified atom stereocenters. The quantitative estimate of drug-likeness (QED) is 0.364. The molecule has 0 aromatic heterocycles. The lowest BCUT2D eigenvalue weighted by Gasteiger charge is -2.19. The average molecular weight is 440 g/mol. The number of allylic oxidation sites excluding steroid dienone is 2. The van der Waals surface area contributed by atoms with Gasteiger partial charge in [0.25, 0.3) is 0 Å². The zero-order valence-electron chi connectivity index (χ0n) is 18.0. The molecule has 0 N–H and O–H groups in total. The first-order valence-electron chi connectivity index (χ1n) is 10.8. The van der Waals surface area contributed by atoms with Crippen molar-refractivity contribution in [3.63, 3.8) is 0 Å². The number of benzene rings is 3. The average Bonchev–Trinajstić information content (AvgIpc) is 2.80. The highest BCUT2D eigenvalue weighted by Crippen LogP contribution is 2.36. The normalized spacial score (nSPS) is 16.1. The maximum absolute atomic E-state index is 14.9. The fourth-order valence-corrected chi connectivity index (χ4v) is 4.08. The van der Waals surface area contributed by atoms with Crippen molar-refractivity contribution < 1.29 is 22.3 Å². The van der Waals surface area contributed by atoms with E-state index in [9.17, 15) is 17.6 Å². The Morgan fingerprint density at radius 3 is 1.84 bits per heavy atom. The van der Waals surface area contributed by atoms with Gasteiger partial charge in [0.05, 0.1) is 6.61 Å². The lowest BCUT2D eigenvalue weighted by molar-refractivity contribution is 0.314. The summed E-state index contributed by atoms with van der Waals surface area (Å²) in [7, 11) is 0. The van der Waals surface area contributed by atoms with Gasteiger partial charge in [-0.3, -0.25) is 0 Å². The molecule has 0 fully saturated rings. The molecule has 166 valence electrons. The molecule has 0 aliphatic heterocycles. The van der Waals surface area contributed by atoms with Crippen molar-refractivity contribution >= 4 is 5.57 Å². The van der Waals surface area contributed by atoms with Crippen molar-refractivity contribution in [1.82, 2.24) is 0 Å². The summed E-state index contributed by atoms with van der Waals surface area (Å²) < 4.78 is 63.5. The van der Waals surface area contributed by atoms with Crippen LogP contribution in [0.4, 0.5) is 17.6 Å². The minimum Gasteiger partial charge on any atom is -0.491 e. The standard InChI is InChI=1S/C27H24F4O/c1-3-32-23-15-14-22(26(30)27(23)31)19-10-8-18(9-11-19)21-13-12-20(24(28)25(21)29)17-6-4-16(2)5-7-17/h6,8-16H,3-5,7H2,1-2H3. The van der Waals surface area contributed by atoms with Crippen LogP contribution in [0.3, 0.4) is 0 Å². The van der Waals surface area contributed by atoms with E-state index in [4.69, 9.17) is 4.74 Å². The van der Waals surface area contributed by atoms with E-state index < -0.39 is 23.3 Å². The van der Waals surface area contributed by atoms with Gasteiger partial charge in [0, 0.05) is 16.7 Å². The number of hydrogen-bond acceptors (Lipinski definition) is 1. The third kappa shape index (κ3) is 4.16. The molecule has 0 radical (unpaired) electrons. The van der Waals surface area contributed by atoms with E-state index in [-0.39, 0.29) is 23.5 Å². The van der Waals surface area contributed by atoms with Gasteiger partial charge in [0.2, 0.25) is 5.82 Å². The predicted molar refractivity (Wildman–Crippen MR) is 119 cm³/mol. The smallest absolute Gasteiger partial charge is 0.201 e. The minimum atomic E-state index is -1.05. The number of ether oxygens (including phenoxy) is 1. The Morgan fingerprint density at radius 1 is 0.750 bits per heavy atom. The first kappa shape index (κ1) is 22.1. The van der Waals surface area contributed by atoms with Crippen LogP contribution in [0.2, 0.25) is 0 Å². The van der Waals surface area contributed by atoms with E-state index in [0.717, 1.165) is 24.8 Å². The van der Waals surface area contributed by atoms with E-state index in [1.807, 2.05) is 6.08 Å². The van der Waals surface area contributed by atoms with Crippen LogP contribution in [-0.2, 0) is 0 Å². The van der Waals surface area contributed by atoms with Crippen LogP contribution in [0.25, 0.3) is 27.8 Å². The molecule has 1 atom stereocenters. The van der Waals surface area contributed by atoms with Crippen LogP contribution in [0.5, 0.6) is 5.75 Å². The highest BCUT2D eigenvalue weighted by atomic mass is 19.2. The summed E-state index contributed by atoms with van der Waals surface area (Å²) in [5.74, 6) is -3.42. The van der Waals surface area contributed by atoms with Crippen molar-refractivity contribution in [3.05, 3.63) is 83.4 Å². The summed E-state index contributed by atoms with van der Waals surface area (Å²) in [4.78, 5) is 0. The van der Waals surface area contributed by atoms with Crippen molar-refractivity contribution in [1.29, 1.82) is 0 Å². The van der Waals surface area contributed by atoms with Crippen molar-refractivity contribution in [2.24, 2.45) is 5.92 Å². The first-order valence-corrected chi connectivity index (χ1v) is 10.8. The molecular formula is C27H24F4O. The van der Waals surface area contributed by atoms with Gasteiger partial charge in [-0.2, -0.15) is 4.39 Å². The Labute approximate surface area is 185 Å². The number of hydrogen-bond donors (Lipinski definition) is 0. The van der Waals surface area contributed by atoms with Gasteiger partial charge < -0.3 is 4.74 Å². The zero-order valence-corrected chi connectivity index (χ0v) is 18.0. The van der Waals surface area contributed by atoms with Crippen molar-refractivity contribution in [3.8, 4) is 28.0 Å². The highest BCUT2D eigenvalue weighted by molar-refractivity contribution is 5.74. The lowest BCUT2D eigenvalue weighted by Crippen LogP contribution is -2.04. The Morgan fingerprint density at radius 2 is 1.28 bits per heavy atom. The van der Waals surface area contributed by atoms with Crippen LogP contribution in [0.1, 0.15) is 38.7 Å². The predicted octanol–water partition coefficient (Wildman–Crippen LogP) is 8.18. The molecule has 1 nitrogen and oxygen atoms in total. The van der Waals surface area contributed by atoms with Crippen LogP contribution < -0.4 is 4.74 Å². The van der Waals surface area contributed by atoms with Crippen molar-refractivity contribution in [2.45, 2.75) is 33.1 Å². The van der Waals surface area contributed by atoms with Gasteiger partial charge in [-0.15, -0.1) is 0 Å². The van der Waals surface area contributed by atoms with Gasteiger partial charge in [0.15, 0.2) is 23.2 Å². The van der Waals surface area contributed by atoms with Crippen LogP contribution >= 0.6 is 0 Å². The summed E-state index contributed by atoms with van der Waals surface area (Å²) in [5.41, 5.74) is 2.22. The Kier molecular flexibility index (Phi) is 6.35. The van der Waals surface area contributed by atoms with Gasteiger partial charge in [-0.25, -0.2) is 13.2 Å². The molecule has 1 aliphatic carbocycles. The maximum Gasteiger partial charge on any atom is 0.201 e. The van der Waals surface area contributed by atoms with E-state index >= 15 is 0 Å². The van der Waals surface area contributed by atoms with E-state index in [0.29, 0.717) is 22.6 Å². The maximum atomic E-state index is 14.9. The molecule has 0 spiro atoms. The van der Waals surface area contributed by atoms with Crippen LogP contribution in [0, 0.1) is 29.2 Å². The second kappa shape index (κ2) is 9.19. The molecule has 0 saturated heterocycles. The summed E-state index contributed by atoms with van der Waals surface area (Å²) in [5, 5.41) is 0. The molecule has 5 heteroatoms. The Hall–Kier alpha value is -3.08. The fourth-order valence-electron chi connectivity index (χ4n) is 4.08. The molecule has 0 bridgehead atoms. The second-order valence-corrected chi connectivity index (χ2v) is 8.15. The molecule has 32 heavy (non-hydrogen) atoms. The lowest BCUT2D eigenvalue weighted by atomic mass is 9.87. The third-order valence-electron chi connectivity index (χ3n) is 5.95.